The maximum atomic E-state index is 12.0. The van der Waals surface area contributed by atoms with Crippen LogP contribution in [0.4, 0.5) is 0 Å². The summed E-state index contributed by atoms with van der Waals surface area (Å²) in [5.41, 5.74) is 1.04. The number of rotatable bonds is 7. The molecule has 1 heterocycles. The SMILES string of the molecule is O=C1c2ccccc2C(=O)N1CCCCCCCO. The number of hydrogen-bond donors (Lipinski definition) is 1. The summed E-state index contributed by atoms with van der Waals surface area (Å²) < 4.78 is 0. The Morgan fingerprint density at radius 1 is 0.842 bits per heavy atom. The molecule has 0 aromatic heterocycles. The second kappa shape index (κ2) is 6.48. The molecule has 1 aromatic rings. The number of carbonyl (C=O) groups excluding carboxylic acids is 2. The van der Waals surface area contributed by atoms with E-state index in [2.05, 4.69) is 0 Å². The van der Waals surface area contributed by atoms with Crippen LogP contribution in [0.5, 0.6) is 0 Å². The van der Waals surface area contributed by atoms with Crippen LogP contribution in [0.3, 0.4) is 0 Å². The zero-order valence-electron chi connectivity index (χ0n) is 11.0. The fourth-order valence-electron chi connectivity index (χ4n) is 2.35. The van der Waals surface area contributed by atoms with Crippen molar-refractivity contribution in [1.82, 2.24) is 4.90 Å². The number of amides is 2. The lowest BCUT2D eigenvalue weighted by atomic mass is 10.1. The van der Waals surface area contributed by atoms with E-state index in [9.17, 15) is 9.59 Å². The van der Waals surface area contributed by atoms with E-state index in [0.717, 1.165) is 32.1 Å². The van der Waals surface area contributed by atoms with Crippen molar-refractivity contribution in [2.75, 3.05) is 13.2 Å². The van der Waals surface area contributed by atoms with Crippen molar-refractivity contribution in [3.05, 3.63) is 35.4 Å². The molecule has 0 saturated heterocycles. The van der Waals surface area contributed by atoms with E-state index >= 15 is 0 Å². The lowest BCUT2D eigenvalue weighted by Gasteiger charge is -2.13. The number of carbonyl (C=O) groups is 2. The molecule has 0 atom stereocenters. The molecule has 1 aromatic carbocycles. The Labute approximate surface area is 113 Å². The standard InChI is InChI=1S/C15H19NO3/c17-11-7-3-1-2-6-10-16-14(18)12-8-4-5-9-13(12)15(16)19/h4-5,8-9,17H,1-3,6-7,10-11H2. The number of imide groups is 1. The first-order valence-electron chi connectivity index (χ1n) is 6.82. The Kier molecular flexibility index (Phi) is 4.68. The molecule has 0 fully saturated rings. The molecule has 1 aliphatic rings. The summed E-state index contributed by atoms with van der Waals surface area (Å²) in [6.07, 6.45) is 4.67. The van der Waals surface area contributed by atoms with Crippen molar-refractivity contribution in [2.45, 2.75) is 32.1 Å². The number of hydrogen-bond acceptors (Lipinski definition) is 3. The van der Waals surface area contributed by atoms with Crippen LogP contribution in [0.15, 0.2) is 24.3 Å². The molecular formula is C15H19NO3. The van der Waals surface area contributed by atoms with E-state index in [-0.39, 0.29) is 18.4 Å². The van der Waals surface area contributed by atoms with Crippen LogP contribution in [0.1, 0.15) is 52.8 Å². The molecule has 0 saturated carbocycles. The van der Waals surface area contributed by atoms with Crippen LogP contribution in [-0.4, -0.2) is 35.0 Å². The third kappa shape index (κ3) is 3.01. The van der Waals surface area contributed by atoms with Gasteiger partial charge in [-0.15, -0.1) is 0 Å². The molecule has 0 aliphatic carbocycles. The molecule has 4 heteroatoms. The van der Waals surface area contributed by atoms with Gasteiger partial charge in [-0.05, 0) is 25.0 Å². The molecule has 0 radical (unpaired) electrons. The summed E-state index contributed by atoms with van der Waals surface area (Å²) in [7, 11) is 0. The van der Waals surface area contributed by atoms with Gasteiger partial charge in [-0.3, -0.25) is 14.5 Å². The lowest BCUT2D eigenvalue weighted by Crippen LogP contribution is -2.30. The highest BCUT2D eigenvalue weighted by molar-refractivity contribution is 6.21. The first-order valence-corrected chi connectivity index (χ1v) is 6.82. The number of aliphatic hydroxyl groups is 1. The highest BCUT2D eigenvalue weighted by Gasteiger charge is 2.34. The summed E-state index contributed by atoms with van der Waals surface area (Å²) in [4.78, 5) is 25.4. The van der Waals surface area contributed by atoms with Gasteiger partial charge >= 0.3 is 0 Å². The Morgan fingerprint density at radius 2 is 1.37 bits per heavy atom. The maximum Gasteiger partial charge on any atom is 0.261 e. The molecule has 2 rings (SSSR count). The Balaban J connectivity index is 1.83. The van der Waals surface area contributed by atoms with Gasteiger partial charge in [0.15, 0.2) is 0 Å². The Morgan fingerprint density at radius 3 is 1.95 bits per heavy atom. The van der Waals surface area contributed by atoms with Gasteiger partial charge in [-0.1, -0.05) is 31.4 Å². The monoisotopic (exact) mass is 261 g/mol. The molecule has 4 nitrogen and oxygen atoms in total. The fraction of sp³-hybridized carbons (Fsp3) is 0.467. The van der Waals surface area contributed by atoms with Crippen LogP contribution in [0, 0.1) is 0 Å². The third-order valence-corrected chi connectivity index (χ3v) is 3.42. The van der Waals surface area contributed by atoms with Crippen LogP contribution in [-0.2, 0) is 0 Å². The number of aliphatic hydroxyl groups excluding tert-OH is 1. The van der Waals surface area contributed by atoms with Gasteiger partial charge in [-0.25, -0.2) is 0 Å². The van der Waals surface area contributed by atoms with Gasteiger partial charge in [0, 0.05) is 13.2 Å². The zero-order chi connectivity index (χ0) is 13.7. The maximum absolute atomic E-state index is 12.0. The van der Waals surface area contributed by atoms with E-state index in [4.69, 9.17) is 5.11 Å². The van der Waals surface area contributed by atoms with Crippen molar-refractivity contribution in [2.24, 2.45) is 0 Å². The summed E-state index contributed by atoms with van der Waals surface area (Å²) in [5, 5.41) is 8.67. The molecule has 102 valence electrons. The Hall–Kier alpha value is -1.68. The molecule has 0 spiro atoms. The van der Waals surface area contributed by atoms with Crippen molar-refractivity contribution in [1.29, 1.82) is 0 Å². The van der Waals surface area contributed by atoms with Gasteiger partial charge in [0.1, 0.15) is 0 Å². The van der Waals surface area contributed by atoms with Crippen molar-refractivity contribution in [3.63, 3.8) is 0 Å². The summed E-state index contributed by atoms with van der Waals surface area (Å²) in [6.45, 7) is 0.726. The first kappa shape index (κ1) is 13.7. The number of fused-ring (bicyclic) bond motifs is 1. The summed E-state index contributed by atoms with van der Waals surface area (Å²) in [6, 6.07) is 6.97. The van der Waals surface area contributed by atoms with Crippen molar-refractivity contribution < 1.29 is 14.7 Å². The van der Waals surface area contributed by atoms with Gasteiger partial charge in [0.2, 0.25) is 0 Å². The summed E-state index contributed by atoms with van der Waals surface area (Å²) in [5.74, 6) is -0.341. The lowest BCUT2D eigenvalue weighted by molar-refractivity contribution is 0.0651. The van der Waals surface area contributed by atoms with Gasteiger partial charge < -0.3 is 5.11 Å². The van der Waals surface area contributed by atoms with E-state index in [1.807, 2.05) is 0 Å². The Bertz CT molecular complexity index is 435. The molecule has 0 unspecified atom stereocenters. The van der Waals surface area contributed by atoms with E-state index in [1.54, 1.807) is 24.3 Å². The van der Waals surface area contributed by atoms with Crippen LogP contribution < -0.4 is 0 Å². The summed E-state index contributed by atoms with van der Waals surface area (Å²) >= 11 is 0. The van der Waals surface area contributed by atoms with Crippen LogP contribution >= 0.6 is 0 Å². The second-order valence-electron chi connectivity index (χ2n) is 4.80. The average molecular weight is 261 g/mol. The predicted molar refractivity (Wildman–Crippen MR) is 72.0 cm³/mol. The first-order chi connectivity index (χ1) is 9.25. The third-order valence-electron chi connectivity index (χ3n) is 3.42. The van der Waals surface area contributed by atoms with Crippen LogP contribution in [0.25, 0.3) is 0 Å². The predicted octanol–water partition coefficient (Wildman–Crippen LogP) is 2.23. The normalized spacial score (nSPS) is 14.1. The molecule has 0 bridgehead atoms. The molecular weight excluding hydrogens is 242 g/mol. The molecule has 1 N–H and O–H groups in total. The topological polar surface area (TPSA) is 57.6 Å². The highest BCUT2D eigenvalue weighted by Crippen LogP contribution is 2.22. The van der Waals surface area contributed by atoms with Gasteiger partial charge in [0.05, 0.1) is 11.1 Å². The largest absolute Gasteiger partial charge is 0.396 e. The quantitative estimate of drug-likeness (QED) is 0.605. The molecule has 2 amide bonds. The second-order valence-corrected chi connectivity index (χ2v) is 4.80. The minimum Gasteiger partial charge on any atom is -0.396 e. The minimum atomic E-state index is -0.170. The van der Waals surface area contributed by atoms with E-state index in [0.29, 0.717) is 17.7 Å². The average Bonchev–Trinajstić information content (AvgIpc) is 2.68. The van der Waals surface area contributed by atoms with E-state index in [1.165, 1.54) is 4.90 Å². The highest BCUT2D eigenvalue weighted by atomic mass is 16.3. The number of nitrogens with zero attached hydrogens (tertiary/aromatic N) is 1. The van der Waals surface area contributed by atoms with Crippen LogP contribution in [0.2, 0.25) is 0 Å². The smallest absolute Gasteiger partial charge is 0.261 e. The van der Waals surface area contributed by atoms with Crippen molar-refractivity contribution in [3.8, 4) is 0 Å². The van der Waals surface area contributed by atoms with Gasteiger partial charge in [-0.2, -0.15) is 0 Å². The fourth-order valence-corrected chi connectivity index (χ4v) is 2.35. The number of unbranched alkanes of at least 4 members (excludes halogenated alkanes) is 4. The number of benzene rings is 1. The minimum absolute atomic E-state index is 0.170. The van der Waals surface area contributed by atoms with Crippen molar-refractivity contribution >= 4 is 11.8 Å². The molecule has 1 aliphatic heterocycles. The molecule has 19 heavy (non-hydrogen) atoms. The van der Waals surface area contributed by atoms with Gasteiger partial charge in [0.25, 0.3) is 11.8 Å². The zero-order valence-corrected chi connectivity index (χ0v) is 11.0. The van der Waals surface area contributed by atoms with E-state index < -0.39 is 0 Å².